The molecular weight excluding hydrogens is 270 g/mol. The van der Waals surface area contributed by atoms with Crippen LogP contribution in [0.3, 0.4) is 0 Å². The van der Waals surface area contributed by atoms with Crippen LogP contribution in [-0.2, 0) is 4.74 Å². The Bertz CT molecular complexity index is 461. The summed E-state index contributed by atoms with van der Waals surface area (Å²) in [6, 6.07) is 1.50. The molecule has 1 aromatic carbocycles. The first-order valence-electron chi connectivity index (χ1n) is 6.54. The first kappa shape index (κ1) is 14.7. The third-order valence-electron chi connectivity index (χ3n) is 3.19. The van der Waals surface area contributed by atoms with Crippen LogP contribution in [0.15, 0.2) is 12.1 Å². The highest BCUT2D eigenvalue weighted by Gasteiger charge is 2.17. The van der Waals surface area contributed by atoms with E-state index in [1.54, 1.807) is 0 Å². The van der Waals surface area contributed by atoms with Gasteiger partial charge in [0, 0.05) is 6.61 Å². The summed E-state index contributed by atoms with van der Waals surface area (Å²) in [6.45, 7) is 0.936. The van der Waals surface area contributed by atoms with Crippen LogP contribution < -0.4 is 4.74 Å². The van der Waals surface area contributed by atoms with E-state index >= 15 is 0 Å². The molecule has 6 heteroatoms. The first-order chi connectivity index (χ1) is 9.58. The van der Waals surface area contributed by atoms with Crippen molar-refractivity contribution < 1.29 is 28.2 Å². The number of ether oxygens (including phenoxy) is 2. The maximum Gasteiger partial charge on any atom is 0.335 e. The highest BCUT2D eigenvalue weighted by molar-refractivity contribution is 5.87. The summed E-state index contributed by atoms with van der Waals surface area (Å²) in [5.74, 6) is -3.91. The molecule has 4 nitrogen and oxygen atoms in total. The van der Waals surface area contributed by atoms with Gasteiger partial charge in [-0.1, -0.05) is 0 Å². The van der Waals surface area contributed by atoms with Gasteiger partial charge in [-0.05, 0) is 37.8 Å². The summed E-state index contributed by atoms with van der Waals surface area (Å²) in [5, 5.41) is 8.67. The van der Waals surface area contributed by atoms with Crippen LogP contribution in [0.25, 0.3) is 0 Å². The van der Waals surface area contributed by atoms with Crippen LogP contribution >= 0.6 is 0 Å². The Hall–Kier alpha value is -1.69. The van der Waals surface area contributed by atoms with Crippen LogP contribution in [0.5, 0.6) is 5.75 Å². The first-order valence-corrected chi connectivity index (χ1v) is 6.54. The smallest absolute Gasteiger partial charge is 0.335 e. The van der Waals surface area contributed by atoms with Gasteiger partial charge in [-0.25, -0.2) is 13.6 Å². The van der Waals surface area contributed by atoms with Gasteiger partial charge in [-0.15, -0.1) is 0 Å². The largest absolute Gasteiger partial charge is 0.488 e. The van der Waals surface area contributed by atoms with E-state index < -0.39 is 28.9 Å². The van der Waals surface area contributed by atoms with Crippen molar-refractivity contribution in [2.45, 2.75) is 31.8 Å². The Balaban J connectivity index is 1.87. The molecule has 0 bridgehead atoms. The molecule has 1 fully saturated rings. The highest BCUT2D eigenvalue weighted by atomic mass is 19.1. The lowest BCUT2D eigenvalue weighted by molar-refractivity contribution is 0.0695. The predicted molar refractivity (Wildman–Crippen MR) is 67.0 cm³/mol. The summed E-state index contributed by atoms with van der Waals surface area (Å²) in [4.78, 5) is 10.6. The Kier molecular flexibility index (Phi) is 4.89. The van der Waals surface area contributed by atoms with E-state index in [9.17, 15) is 13.6 Å². The van der Waals surface area contributed by atoms with E-state index in [0.29, 0.717) is 6.42 Å². The Morgan fingerprint density at radius 2 is 2.10 bits per heavy atom. The van der Waals surface area contributed by atoms with Gasteiger partial charge in [0.15, 0.2) is 17.4 Å². The van der Waals surface area contributed by atoms with Crippen molar-refractivity contribution in [1.82, 2.24) is 0 Å². The zero-order valence-electron chi connectivity index (χ0n) is 10.9. The molecule has 1 saturated heterocycles. The molecule has 1 aliphatic heterocycles. The van der Waals surface area contributed by atoms with E-state index in [4.69, 9.17) is 14.6 Å². The predicted octanol–water partition coefficient (Wildman–Crippen LogP) is 3.00. The van der Waals surface area contributed by atoms with Gasteiger partial charge in [0.1, 0.15) is 0 Å². The van der Waals surface area contributed by atoms with Gasteiger partial charge in [0.2, 0.25) is 0 Å². The van der Waals surface area contributed by atoms with Crippen LogP contribution in [0.1, 0.15) is 36.0 Å². The summed E-state index contributed by atoms with van der Waals surface area (Å²) in [7, 11) is 0. The number of rotatable bonds is 6. The Labute approximate surface area is 115 Å². The fraction of sp³-hybridized carbons (Fsp3) is 0.500. The molecule has 1 atom stereocenters. The molecule has 2 rings (SSSR count). The maximum absolute atomic E-state index is 13.5. The average Bonchev–Trinajstić information content (AvgIpc) is 2.89. The van der Waals surface area contributed by atoms with Gasteiger partial charge in [-0.3, -0.25) is 0 Å². The third kappa shape index (κ3) is 3.66. The van der Waals surface area contributed by atoms with Crippen molar-refractivity contribution in [3.63, 3.8) is 0 Å². The van der Waals surface area contributed by atoms with Crippen molar-refractivity contribution in [2.24, 2.45) is 0 Å². The Morgan fingerprint density at radius 1 is 1.40 bits per heavy atom. The van der Waals surface area contributed by atoms with E-state index in [1.165, 1.54) is 0 Å². The second-order valence-electron chi connectivity index (χ2n) is 4.70. The number of carboxylic acid groups (broad SMARTS) is 1. The van der Waals surface area contributed by atoms with Gasteiger partial charge < -0.3 is 14.6 Å². The lowest BCUT2D eigenvalue weighted by Crippen LogP contribution is -2.09. The fourth-order valence-corrected chi connectivity index (χ4v) is 2.18. The van der Waals surface area contributed by atoms with Crippen molar-refractivity contribution in [3.05, 3.63) is 29.3 Å². The number of aromatic carboxylic acids is 1. The standard InChI is InChI=1S/C14H16F2O4/c15-11-7-9(14(17)18)8-12(16)13(11)20-6-2-4-10-3-1-5-19-10/h7-8,10H,1-6H2,(H,17,18). The number of hydrogen-bond acceptors (Lipinski definition) is 3. The highest BCUT2D eigenvalue weighted by Crippen LogP contribution is 2.24. The second-order valence-corrected chi connectivity index (χ2v) is 4.70. The lowest BCUT2D eigenvalue weighted by Gasteiger charge is -2.11. The second kappa shape index (κ2) is 6.65. The van der Waals surface area contributed by atoms with E-state index in [1.807, 2.05) is 0 Å². The molecule has 0 aliphatic carbocycles. The molecule has 0 radical (unpaired) electrons. The zero-order chi connectivity index (χ0) is 14.5. The topological polar surface area (TPSA) is 55.8 Å². The Morgan fingerprint density at radius 3 is 2.65 bits per heavy atom. The number of carboxylic acids is 1. The van der Waals surface area contributed by atoms with Crippen LogP contribution in [0.2, 0.25) is 0 Å². The molecule has 0 spiro atoms. The van der Waals surface area contributed by atoms with Crippen molar-refractivity contribution in [1.29, 1.82) is 0 Å². The third-order valence-corrected chi connectivity index (χ3v) is 3.19. The van der Waals surface area contributed by atoms with Crippen LogP contribution in [-0.4, -0.2) is 30.4 Å². The molecule has 0 amide bonds. The maximum atomic E-state index is 13.5. The normalized spacial score (nSPS) is 18.2. The van der Waals surface area contributed by atoms with E-state index in [0.717, 1.165) is 38.0 Å². The summed E-state index contributed by atoms with van der Waals surface area (Å²) >= 11 is 0. The molecule has 1 heterocycles. The van der Waals surface area contributed by atoms with Crippen molar-refractivity contribution >= 4 is 5.97 Å². The monoisotopic (exact) mass is 286 g/mol. The quantitative estimate of drug-likeness (QED) is 0.817. The molecular formula is C14H16F2O4. The number of benzene rings is 1. The number of hydrogen-bond donors (Lipinski definition) is 1. The minimum absolute atomic E-state index is 0.167. The van der Waals surface area contributed by atoms with E-state index in [2.05, 4.69) is 0 Å². The van der Waals surface area contributed by atoms with Gasteiger partial charge in [-0.2, -0.15) is 0 Å². The van der Waals surface area contributed by atoms with Crippen LogP contribution in [0, 0.1) is 11.6 Å². The molecule has 1 N–H and O–H groups in total. The van der Waals surface area contributed by atoms with Crippen LogP contribution in [0.4, 0.5) is 8.78 Å². The average molecular weight is 286 g/mol. The molecule has 0 aromatic heterocycles. The molecule has 1 unspecified atom stereocenters. The number of carbonyl (C=O) groups is 1. The molecule has 20 heavy (non-hydrogen) atoms. The van der Waals surface area contributed by atoms with Crippen molar-refractivity contribution in [3.8, 4) is 5.75 Å². The van der Waals surface area contributed by atoms with Gasteiger partial charge in [0.05, 0.1) is 18.3 Å². The molecule has 1 aliphatic rings. The molecule has 0 saturated carbocycles. The van der Waals surface area contributed by atoms with Crippen molar-refractivity contribution in [2.75, 3.05) is 13.2 Å². The SMILES string of the molecule is O=C(O)c1cc(F)c(OCCCC2CCCO2)c(F)c1. The van der Waals surface area contributed by atoms with Gasteiger partial charge >= 0.3 is 5.97 Å². The van der Waals surface area contributed by atoms with E-state index in [-0.39, 0.29) is 12.7 Å². The summed E-state index contributed by atoms with van der Waals surface area (Å²) in [5.41, 5.74) is -0.438. The zero-order valence-corrected chi connectivity index (χ0v) is 10.9. The lowest BCUT2D eigenvalue weighted by atomic mass is 10.1. The summed E-state index contributed by atoms with van der Waals surface area (Å²) < 4.78 is 37.6. The minimum atomic E-state index is -1.38. The minimum Gasteiger partial charge on any atom is -0.488 e. The number of halogens is 2. The fourth-order valence-electron chi connectivity index (χ4n) is 2.18. The molecule has 110 valence electrons. The summed E-state index contributed by atoms with van der Waals surface area (Å²) in [6.07, 6.45) is 3.69. The molecule has 1 aromatic rings. The van der Waals surface area contributed by atoms with Gasteiger partial charge in [0.25, 0.3) is 0 Å².